The Hall–Kier alpha value is -2.64. The maximum Gasteiger partial charge on any atom is 0.257 e. The molecule has 8 heteroatoms. The number of amides is 2. The third kappa shape index (κ3) is 3.55. The van der Waals surface area contributed by atoms with Gasteiger partial charge in [0.2, 0.25) is 5.91 Å². The van der Waals surface area contributed by atoms with Crippen LogP contribution in [-0.4, -0.2) is 62.7 Å². The number of piperazine rings is 1. The number of aryl methyl sites for hydroxylation is 3. The van der Waals surface area contributed by atoms with Crippen LogP contribution >= 0.6 is 0 Å². The van der Waals surface area contributed by atoms with E-state index in [1.807, 2.05) is 28.3 Å². The van der Waals surface area contributed by atoms with Crippen molar-refractivity contribution in [3.63, 3.8) is 0 Å². The third-order valence-corrected chi connectivity index (χ3v) is 5.90. The maximum atomic E-state index is 12.9. The van der Waals surface area contributed by atoms with Crippen LogP contribution in [0.25, 0.3) is 0 Å². The van der Waals surface area contributed by atoms with E-state index in [0.29, 0.717) is 39.0 Å². The first kappa shape index (κ1) is 18.7. The number of hydrogen-bond donors (Lipinski definition) is 0. The summed E-state index contributed by atoms with van der Waals surface area (Å²) in [4.78, 5) is 29.2. The summed E-state index contributed by atoms with van der Waals surface area (Å²) in [6, 6.07) is 0. The fraction of sp³-hybridized carbons (Fsp3) is 0.600. The Morgan fingerprint density at radius 3 is 2.54 bits per heavy atom. The van der Waals surface area contributed by atoms with Crippen molar-refractivity contribution in [1.29, 1.82) is 0 Å². The summed E-state index contributed by atoms with van der Waals surface area (Å²) in [6.07, 6.45) is 5.94. The highest BCUT2D eigenvalue weighted by Crippen LogP contribution is 2.20. The highest BCUT2D eigenvalue weighted by Gasteiger charge is 2.28. The SMILES string of the molecule is Cc1noc(C)c1CCC(=O)N1CCN(C(=O)c2cnn3c2CCCC3)CC1. The first-order valence-corrected chi connectivity index (χ1v) is 10.1. The Balaban J connectivity index is 1.31. The number of aromatic nitrogens is 3. The van der Waals surface area contributed by atoms with Gasteiger partial charge < -0.3 is 14.3 Å². The van der Waals surface area contributed by atoms with Crippen molar-refractivity contribution in [1.82, 2.24) is 24.7 Å². The number of carbonyl (C=O) groups excluding carboxylic acids is 2. The molecule has 2 aliphatic heterocycles. The first-order valence-electron chi connectivity index (χ1n) is 10.1. The van der Waals surface area contributed by atoms with Gasteiger partial charge in [0, 0.05) is 44.7 Å². The van der Waals surface area contributed by atoms with Crippen LogP contribution < -0.4 is 0 Å². The quantitative estimate of drug-likeness (QED) is 0.800. The Kier molecular flexibility index (Phi) is 5.19. The molecule has 4 heterocycles. The van der Waals surface area contributed by atoms with Crippen LogP contribution in [0.5, 0.6) is 0 Å². The van der Waals surface area contributed by atoms with E-state index >= 15 is 0 Å². The maximum absolute atomic E-state index is 12.9. The summed E-state index contributed by atoms with van der Waals surface area (Å²) in [7, 11) is 0. The lowest BCUT2D eigenvalue weighted by molar-refractivity contribution is -0.132. The molecule has 0 radical (unpaired) electrons. The van der Waals surface area contributed by atoms with Crippen molar-refractivity contribution < 1.29 is 14.1 Å². The van der Waals surface area contributed by atoms with E-state index in [1.165, 1.54) is 0 Å². The summed E-state index contributed by atoms with van der Waals surface area (Å²) in [5, 5.41) is 8.31. The van der Waals surface area contributed by atoms with Crippen molar-refractivity contribution in [2.24, 2.45) is 0 Å². The van der Waals surface area contributed by atoms with E-state index < -0.39 is 0 Å². The Morgan fingerprint density at radius 2 is 1.82 bits per heavy atom. The molecular weight excluding hydrogens is 358 g/mol. The van der Waals surface area contributed by atoms with Crippen molar-refractivity contribution in [3.05, 3.63) is 34.5 Å². The molecule has 0 saturated carbocycles. The molecule has 2 amide bonds. The van der Waals surface area contributed by atoms with Gasteiger partial charge in [0.05, 0.1) is 23.1 Å². The topological polar surface area (TPSA) is 84.5 Å². The normalized spacial score (nSPS) is 16.9. The molecule has 1 saturated heterocycles. The van der Waals surface area contributed by atoms with Gasteiger partial charge >= 0.3 is 0 Å². The number of hydrogen-bond acceptors (Lipinski definition) is 5. The van der Waals surface area contributed by atoms with E-state index in [-0.39, 0.29) is 11.8 Å². The molecular formula is C20H27N5O3. The highest BCUT2D eigenvalue weighted by molar-refractivity contribution is 5.95. The third-order valence-electron chi connectivity index (χ3n) is 5.90. The van der Waals surface area contributed by atoms with Crippen molar-refractivity contribution >= 4 is 11.8 Å². The molecule has 2 aromatic heterocycles. The second-order valence-electron chi connectivity index (χ2n) is 7.66. The lowest BCUT2D eigenvalue weighted by atomic mass is 10.1. The number of carbonyl (C=O) groups is 2. The molecule has 150 valence electrons. The molecule has 0 spiro atoms. The van der Waals surface area contributed by atoms with Gasteiger partial charge in [0.25, 0.3) is 5.91 Å². The molecule has 4 rings (SSSR count). The molecule has 28 heavy (non-hydrogen) atoms. The largest absolute Gasteiger partial charge is 0.361 e. The lowest BCUT2D eigenvalue weighted by Gasteiger charge is -2.35. The van der Waals surface area contributed by atoms with E-state index in [0.717, 1.165) is 54.1 Å². The molecule has 0 atom stereocenters. The molecule has 8 nitrogen and oxygen atoms in total. The number of nitrogens with zero attached hydrogens (tertiary/aromatic N) is 5. The fourth-order valence-electron chi connectivity index (χ4n) is 4.18. The molecule has 0 aromatic carbocycles. The van der Waals surface area contributed by atoms with Crippen LogP contribution in [0, 0.1) is 13.8 Å². The van der Waals surface area contributed by atoms with Crippen LogP contribution in [0.4, 0.5) is 0 Å². The molecule has 0 unspecified atom stereocenters. The monoisotopic (exact) mass is 385 g/mol. The molecule has 0 aliphatic carbocycles. The molecule has 2 aliphatic rings. The predicted molar refractivity (Wildman–Crippen MR) is 102 cm³/mol. The zero-order valence-electron chi connectivity index (χ0n) is 16.6. The molecule has 1 fully saturated rings. The van der Waals surface area contributed by atoms with Gasteiger partial charge in [-0.15, -0.1) is 0 Å². The Labute approximate surface area is 164 Å². The van der Waals surface area contributed by atoms with Gasteiger partial charge in [0.1, 0.15) is 5.76 Å². The molecule has 2 aromatic rings. The van der Waals surface area contributed by atoms with Crippen LogP contribution in [0.1, 0.15) is 52.3 Å². The second-order valence-corrected chi connectivity index (χ2v) is 7.66. The Morgan fingerprint density at radius 1 is 1.07 bits per heavy atom. The molecule has 0 bridgehead atoms. The lowest BCUT2D eigenvalue weighted by Crippen LogP contribution is -2.50. The summed E-state index contributed by atoms with van der Waals surface area (Å²) in [5.74, 6) is 0.950. The predicted octanol–water partition coefficient (Wildman–Crippen LogP) is 1.74. The van der Waals surface area contributed by atoms with Crippen molar-refractivity contribution in [2.75, 3.05) is 26.2 Å². The minimum Gasteiger partial charge on any atom is -0.361 e. The fourth-order valence-corrected chi connectivity index (χ4v) is 4.18. The number of fused-ring (bicyclic) bond motifs is 1. The van der Waals surface area contributed by atoms with Crippen molar-refractivity contribution in [2.45, 2.75) is 52.5 Å². The number of rotatable bonds is 4. The summed E-state index contributed by atoms with van der Waals surface area (Å²) in [6.45, 7) is 6.97. The van der Waals surface area contributed by atoms with Crippen molar-refractivity contribution in [3.8, 4) is 0 Å². The van der Waals surface area contributed by atoms with Gasteiger partial charge in [-0.25, -0.2) is 0 Å². The minimum atomic E-state index is 0.0472. The van der Waals surface area contributed by atoms with Gasteiger partial charge in [-0.1, -0.05) is 5.16 Å². The van der Waals surface area contributed by atoms with Crippen LogP contribution in [-0.2, 0) is 24.2 Å². The highest BCUT2D eigenvalue weighted by atomic mass is 16.5. The zero-order chi connectivity index (χ0) is 19.7. The summed E-state index contributed by atoms with van der Waals surface area (Å²) >= 11 is 0. The van der Waals surface area contributed by atoms with Gasteiger partial charge in [-0.05, 0) is 39.5 Å². The van der Waals surface area contributed by atoms with Crippen LogP contribution in [0.3, 0.4) is 0 Å². The Bertz CT molecular complexity index is 857. The van der Waals surface area contributed by atoms with E-state index in [1.54, 1.807) is 6.20 Å². The summed E-state index contributed by atoms with van der Waals surface area (Å²) in [5.41, 5.74) is 3.67. The summed E-state index contributed by atoms with van der Waals surface area (Å²) < 4.78 is 7.13. The average Bonchev–Trinajstić information content (AvgIpc) is 3.29. The first-order chi connectivity index (χ1) is 13.5. The second kappa shape index (κ2) is 7.77. The standard InChI is InChI=1S/C20H27N5O3/c1-14-16(15(2)28-22-14)6-7-19(26)23-9-11-24(12-10-23)20(27)17-13-21-25-8-4-3-5-18(17)25/h13H,3-12H2,1-2H3. The van der Waals surface area contributed by atoms with Gasteiger partial charge in [-0.2, -0.15) is 5.10 Å². The van der Waals surface area contributed by atoms with Gasteiger partial charge in [-0.3, -0.25) is 14.3 Å². The minimum absolute atomic E-state index is 0.0472. The molecule has 0 N–H and O–H groups in total. The van der Waals surface area contributed by atoms with E-state index in [2.05, 4.69) is 10.3 Å². The van der Waals surface area contributed by atoms with Crippen LogP contribution in [0.2, 0.25) is 0 Å². The van der Waals surface area contributed by atoms with E-state index in [9.17, 15) is 9.59 Å². The van der Waals surface area contributed by atoms with Crippen LogP contribution in [0.15, 0.2) is 10.7 Å². The average molecular weight is 385 g/mol. The zero-order valence-corrected chi connectivity index (χ0v) is 16.6. The smallest absolute Gasteiger partial charge is 0.257 e. The van der Waals surface area contributed by atoms with E-state index in [4.69, 9.17) is 4.52 Å². The van der Waals surface area contributed by atoms with Gasteiger partial charge in [0.15, 0.2) is 0 Å².